The van der Waals surface area contributed by atoms with Crippen molar-refractivity contribution >= 4 is 17.5 Å². The second-order valence-corrected chi connectivity index (χ2v) is 5.76. The largest absolute Gasteiger partial charge is 0.456 e. The second-order valence-electron chi connectivity index (χ2n) is 4.70. The maximum atomic E-state index is 12.3. The summed E-state index contributed by atoms with van der Waals surface area (Å²) in [5, 5.41) is 6.94. The number of thioether (sulfide) groups is 1. The minimum absolute atomic E-state index is 0.154. The normalized spacial score (nSPS) is 17.8. The first-order chi connectivity index (χ1) is 9.95. The summed E-state index contributed by atoms with van der Waals surface area (Å²) in [6.45, 7) is 0.405. The Morgan fingerprint density at radius 1 is 1.38 bits per heavy atom. The Morgan fingerprint density at radius 3 is 2.90 bits per heavy atom. The van der Waals surface area contributed by atoms with Gasteiger partial charge in [-0.3, -0.25) is 9.48 Å². The predicted octanol–water partition coefficient (Wildman–Crippen LogP) is 2.91. The molecule has 110 valence electrons. The quantitative estimate of drug-likeness (QED) is 0.818. The highest BCUT2D eigenvalue weighted by Gasteiger charge is 2.41. The van der Waals surface area contributed by atoms with Gasteiger partial charge < -0.3 is 0 Å². The van der Waals surface area contributed by atoms with Crippen LogP contribution in [0.25, 0.3) is 0 Å². The van der Waals surface area contributed by atoms with Crippen molar-refractivity contribution in [2.45, 2.75) is 23.5 Å². The summed E-state index contributed by atoms with van der Waals surface area (Å²) in [7, 11) is 0. The van der Waals surface area contributed by atoms with Crippen molar-refractivity contribution in [2.75, 3.05) is 5.75 Å². The van der Waals surface area contributed by atoms with Gasteiger partial charge in [-0.1, -0.05) is 23.4 Å². The lowest BCUT2D eigenvalue weighted by Gasteiger charge is -2.09. The molecule has 4 nitrogen and oxygen atoms in total. The van der Waals surface area contributed by atoms with Crippen molar-refractivity contribution in [1.29, 1.82) is 0 Å². The van der Waals surface area contributed by atoms with E-state index in [1.54, 1.807) is 11.8 Å². The van der Waals surface area contributed by atoms with Gasteiger partial charge in [0.1, 0.15) is 0 Å². The number of halogens is 3. The lowest BCUT2D eigenvalue weighted by atomic mass is 10.0. The molecular formula is C13H10F3N3OS. The maximum absolute atomic E-state index is 12.3. The van der Waals surface area contributed by atoms with Crippen LogP contribution in [0.1, 0.15) is 22.0 Å². The second kappa shape index (κ2) is 5.18. The van der Waals surface area contributed by atoms with Crippen molar-refractivity contribution in [2.24, 2.45) is 0 Å². The van der Waals surface area contributed by atoms with Crippen LogP contribution in [0.3, 0.4) is 0 Å². The Hall–Kier alpha value is -1.83. The zero-order chi connectivity index (χ0) is 15.0. The summed E-state index contributed by atoms with van der Waals surface area (Å²) in [6.07, 6.45) is -3.86. The highest BCUT2D eigenvalue weighted by molar-refractivity contribution is 7.99. The van der Waals surface area contributed by atoms with Gasteiger partial charge in [0.05, 0.1) is 12.7 Å². The molecule has 0 fully saturated rings. The average Bonchev–Trinajstić information content (AvgIpc) is 3.05. The highest BCUT2D eigenvalue weighted by atomic mass is 32.2. The van der Waals surface area contributed by atoms with E-state index in [-0.39, 0.29) is 5.92 Å². The van der Waals surface area contributed by atoms with Crippen LogP contribution in [-0.4, -0.2) is 32.7 Å². The van der Waals surface area contributed by atoms with Gasteiger partial charge in [0.25, 0.3) is 5.78 Å². The smallest absolute Gasteiger partial charge is 0.282 e. The topological polar surface area (TPSA) is 47.8 Å². The van der Waals surface area contributed by atoms with Crippen molar-refractivity contribution in [3.05, 3.63) is 41.7 Å². The van der Waals surface area contributed by atoms with Crippen LogP contribution in [0.5, 0.6) is 0 Å². The molecule has 8 heteroatoms. The summed E-state index contributed by atoms with van der Waals surface area (Å²) in [5.74, 6) is -0.974. The molecule has 1 aromatic carbocycles. The lowest BCUT2D eigenvalue weighted by Crippen LogP contribution is -2.23. The number of benzene rings is 1. The fourth-order valence-electron chi connectivity index (χ4n) is 2.24. The van der Waals surface area contributed by atoms with Gasteiger partial charge in [-0.15, -0.1) is 16.9 Å². The number of aromatic nitrogens is 3. The molecule has 0 spiro atoms. The number of carbonyl (C=O) groups is 1. The number of hydrogen-bond acceptors (Lipinski definition) is 4. The number of ketones is 1. The van der Waals surface area contributed by atoms with E-state index in [2.05, 4.69) is 10.3 Å². The molecule has 21 heavy (non-hydrogen) atoms. The summed E-state index contributed by atoms with van der Waals surface area (Å²) in [6, 6.07) is 7.89. The molecule has 0 aliphatic carbocycles. The lowest BCUT2D eigenvalue weighted by molar-refractivity contribution is -0.0888. The van der Waals surface area contributed by atoms with Crippen molar-refractivity contribution in [3.63, 3.8) is 0 Å². The molecule has 3 rings (SSSR count). The van der Waals surface area contributed by atoms with Crippen molar-refractivity contribution in [3.8, 4) is 0 Å². The van der Waals surface area contributed by atoms with E-state index in [1.165, 1.54) is 9.58 Å². The first-order valence-corrected chi connectivity index (χ1v) is 7.17. The summed E-state index contributed by atoms with van der Waals surface area (Å²) in [5.41, 5.74) is 0.489. The number of carbonyl (C=O) groups excluding carboxylic acids is 1. The van der Waals surface area contributed by atoms with E-state index in [9.17, 15) is 18.0 Å². The van der Waals surface area contributed by atoms with Crippen LogP contribution in [0.15, 0.2) is 35.4 Å². The molecule has 2 heterocycles. The van der Waals surface area contributed by atoms with Gasteiger partial charge in [-0.05, 0) is 11.6 Å². The Morgan fingerprint density at radius 2 is 2.14 bits per heavy atom. The van der Waals surface area contributed by atoms with Gasteiger partial charge in [0, 0.05) is 16.6 Å². The number of nitrogens with zero attached hydrogens (tertiary/aromatic N) is 3. The third-order valence-electron chi connectivity index (χ3n) is 3.24. The highest BCUT2D eigenvalue weighted by Crippen LogP contribution is 2.39. The third kappa shape index (κ3) is 2.80. The third-order valence-corrected chi connectivity index (χ3v) is 4.49. The van der Waals surface area contributed by atoms with Crippen LogP contribution in [0.2, 0.25) is 0 Å². The van der Waals surface area contributed by atoms with Crippen LogP contribution in [0.4, 0.5) is 13.2 Å². The van der Waals surface area contributed by atoms with Crippen molar-refractivity contribution < 1.29 is 18.0 Å². The number of alkyl halides is 3. The standard InChI is InChI=1S/C13H10F3N3OS/c14-13(15,16)12(20)10-6-19(18-17-10)5-8-7-21-11-4-2-1-3-9(8)11/h1-4,6,8H,5,7H2. The summed E-state index contributed by atoms with van der Waals surface area (Å²) >= 11 is 1.70. The van der Waals surface area contributed by atoms with E-state index in [0.29, 0.717) is 6.54 Å². The van der Waals surface area contributed by atoms with Crippen molar-refractivity contribution in [1.82, 2.24) is 15.0 Å². The van der Waals surface area contributed by atoms with E-state index in [4.69, 9.17) is 0 Å². The Kier molecular flexibility index (Phi) is 3.48. The first kappa shape index (κ1) is 14.1. The molecule has 1 unspecified atom stereocenters. The fourth-order valence-corrected chi connectivity index (χ4v) is 3.49. The zero-order valence-electron chi connectivity index (χ0n) is 10.7. The first-order valence-electron chi connectivity index (χ1n) is 6.18. The van der Waals surface area contributed by atoms with Gasteiger partial charge in [0.2, 0.25) is 0 Å². The molecule has 1 atom stereocenters. The molecule has 2 aromatic rings. The predicted molar refractivity (Wildman–Crippen MR) is 70.3 cm³/mol. The minimum atomic E-state index is -4.92. The van der Waals surface area contributed by atoms with Gasteiger partial charge >= 0.3 is 6.18 Å². The molecule has 0 amide bonds. The molecule has 1 aliphatic rings. The zero-order valence-corrected chi connectivity index (χ0v) is 11.5. The van der Waals surface area contributed by atoms with Gasteiger partial charge in [-0.2, -0.15) is 13.2 Å². The summed E-state index contributed by atoms with van der Waals surface area (Å²) < 4.78 is 38.2. The van der Waals surface area contributed by atoms with Crippen LogP contribution in [0, 0.1) is 0 Å². The molecule has 1 aliphatic heterocycles. The molecule has 0 bridgehead atoms. The molecule has 0 saturated carbocycles. The number of rotatable bonds is 3. The van der Waals surface area contributed by atoms with Crippen LogP contribution in [-0.2, 0) is 6.54 Å². The van der Waals surface area contributed by atoms with Crippen LogP contribution >= 0.6 is 11.8 Å². The van der Waals surface area contributed by atoms with Gasteiger partial charge in [-0.25, -0.2) is 0 Å². The van der Waals surface area contributed by atoms with Gasteiger partial charge in [0.15, 0.2) is 5.69 Å². The molecule has 1 aromatic heterocycles. The SMILES string of the molecule is O=C(c1cn(CC2CSc3ccccc32)nn1)C(F)(F)F. The molecular weight excluding hydrogens is 303 g/mol. The number of Topliss-reactive ketones (excluding diaryl/α,β-unsaturated/α-hetero) is 1. The van der Waals surface area contributed by atoms with E-state index < -0.39 is 17.7 Å². The average molecular weight is 313 g/mol. The Balaban J connectivity index is 1.76. The van der Waals surface area contributed by atoms with E-state index >= 15 is 0 Å². The maximum Gasteiger partial charge on any atom is 0.456 e. The van der Waals surface area contributed by atoms with E-state index in [1.807, 2.05) is 24.3 Å². The van der Waals surface area contributed by atoms with E-state index in [0.717, 1.165) is 17.5 Å². The molecule has 0 N–H and O–H groups in total. The minimum Gasteiger partial charge on any atom is -0.282 e. The number of fused-ring (bicyclic) bond motifs is 1. The number of hydrogen-bond donors (Lipinski definition) is 0. The Bertz CT molecular complexity index is 683. The monoisotopic (exact) mass is 313 g/mol. The molecule has 0 saturated heterocycles. The van der Waals surface area contributed by atoms with Crippen LogP contribution < -0.4 is 0 Å². The molecule has 0 radical (unpaired) electrons. The summed E-state index contributed by atoms with van der Waals surface area (Å²) in [4.78, 5) is 12.2. The fraction of sp³-hybridized carbons (Fsp3) is 0.308. The Labute approximate surface area is 122 Å².